The van der Waals surface area contributed by atoms with Crippen molar-refractivity contribution in [2.45, 2.75) is 6.92 Å². The molecule has 0 saturated heterocycles. The van der Waals surface area contributed by atoms with Crippen molar-refractivity contribution in [1.29, 1.82) is 0 Å². The van der Waals surface area contributed by atoms with Gasteiger partial charge in [0.05, 0.1) is 16.8 Å². The lowest BCUT2D eigenvalue weighted by Crippen LogP contribution is -2.15. The Hall–Kier alpha value is -3.57. The molecule has 1 aromatic heterocycles. The largest absolute Gasteiger partial charge is 0.486 e. The number of anilines is 1. The zero-order valence-corrected chi connectivity index (χ0v) is 17.6. The molecule has 0 spiro atoms. The predicted molar refractivity (Wildman–Crippen MR) is 122 cm³/mol. The molecule has 0 saturated carbocycles. The van der Waals surface area contributed by atoms with Gasteiger partial charge < -0.3 is 14.8 Å². The van der Waals surface area contributed by atoms with Gasteiger partial charge in [0.2, 0.25) is 0 Å². The van der Waals surface area contributed by atoms with E-state index in [0.29, 0.717) is 46.7 Å². The molecule has 1 amide bonds. The molecule has 1 aliphatic rings. The van der Waals surface area contributed by atoms with Gasteiger partial charge in [0.25, 0.3) is 5.91 Å². The molecule has 3 aromatic carbocycles. The second kappa shape index (κ2) is 7.93. The van der Waals surface area contributed by atoms with Crippen molar-refractivity contribution in [3.05, 3.63) is 82.9 Å². The highest BCUT2D eigenvalue weighted by Gasteiger charge is 2.18. The number of amides is 1. The Bertz CT molecular complexity index is 1300. The third-order valence-electron chi connectivity index (χ3n) is 5.23. The molecule has 0 aliphatic carbocycles. The van der Waals surface area contributed by atoms with Gasteiger partial charge in [0.1, 0.15) is 13.2 Å². The quantitative estimate of drug-likeness (QED) is 0.440. The van der Waals surface area contributed by atoms with Crippen LogP contribution in [0.25, 0.3) is 22.2 Å². The summed E-state index contributed by atoms with van der Waals surface area (Å²) in [5.74, 6) is 1.19. The van der Waals surface area contributed by atoms with Crippen molar-refractivity contribution in [3.8, 4) is 22.8 Å². The van der Waals surface area contributed by atoms with E-state index in [1.54, 1.807) is 24.3 Å². The first-order chi connectivity index (χ1) is 15.1. The molecule has 0 bridgehead atoms. The minimum Gasteiger partial charge on any atom is -0.486 e. The predicted octanol–water partition coefficient (Wildman–Crippen LogP) is 5.89. The first kappa shape index (κ1) is 19.4. The monoisotopic (exact) mass is 430 g/mol. The van der Waals surface area contributed by atoms with Crippen LogP contribution in [0.15, 0.2) is 66.7 Å². The Morgan fingerprint density at radius 2 is 1.74 bits per heavy atom. The average molecular weight is 431 g/mol. The molecule has 0 unspecified atom stereocenters. The summed E-state index contributed by atoms with van der Waals surface area (Å²) in [7, 11) is 0. The topological polar surface area (TPSA) is 60.5 Å². The summed E-state index contributed by atoms with van der Waals surface area (Å²) in [6.07, 6.45) is 0. The highest BCUT2D eigenvalue weighted by atomic mass is 35.5. The van der Waals surface area contributed by atoms with Gasteiger partial charge in [0.15, 0.2) is 11.5 Å². The molecule has 154 valence electrons. The number of nitrogens with zero attached hydrogens (tertiary/aromatic N) is 1. The number of rotatable bonds is 3. The number of aromatic nitrogens is 1. The van der Waals surface area contributed by atoms with E-state index >= 15 is 0 Å². The number of hydrogen-bond donors (Lipinski definition) is 1. The van der Waals surface area contributed by atoms with Crippen LogP contribution in [0.3, 0.4) is 0 Å². The maximum Gasteiger partial charge on any atom is 0.256 e. The Kier molecular flexibility index (Phi) is 4.96. The van der Waals surface area contributed by atoms with Crippen LogP contribution in [0.5, 0.6) is 11.5 Å². The summed E-state index contributed by atoms with van der Waals surface area (Å²) in [5, 5.41) is 4.37. The van der Waals surface area contributed by atoms with Gasteiger partial charge in [-0.25, -0.2) is 4.98 Å². The molecule has 1 aliphatic heterocycles. The van der Waals surface area contributed by atoms with Crippen molar-refractivity contribution >= 4 is 34.1 Å². The summed E-state index contributed by atoms with van der Waals surface area (Å²) in [5.41, 5.74) is 4.56. The van der Waals surface area contributed by atoms with Gasteiger partial charge in [0, 0.05) is 21.7 Å². The summed E-state index contributed by atoms with van der Waals surface area (Å²) in [6.45, 7) is 3.04. The van der Waals surface area contributed by atoms with Gasteiger partial charge in [-0.1, -0.05) is 29.8 Å². The van der Waals surface area contributed by atoms with E-state index in [0.717, 1.165) is 22.0 Å². The van der Waals surface area contributed by atoms with Crippen LogP contribution in [0.4, 0.5) is 5.69 Å². The number of hydrogen-bond acceptors (Lipinski definition) is 4. The number of halogens is 1. The maximum absolute atomic E-state index is 13.2. The van der Waals surface area contributed by atoms with E-state index in [2.05, 4.69) is 5.32 Å². The van der Waals surface area contributed by atoms with Gasteiger partial charge in [-0.05, 0) is 61.0 Å². The minimum atomic E-state index is -0.209. The lowest BCUT2D eigenvalue weighted by atomic mass is 10.0. The van der Waals surface area contributed by atoms with E-state index in [9.17, 15) is 4.79 Å². The van der Waals surface area contributed by atoms with Crippen molar-refractivity contribution in [2.75, 3.05) is 18.5 Å². The molecule has 6 heteroatoms. The highest BCUT2D eigenvalue weighted by Crippen LogP contribution is 2.35. The fourth-order valence-corrected chi connectivity index (χ4v) is 3.79. The molecule has 5 rings (SSSR count). The summed E-state index contributed by atoms with van der Waals surface area (Å²) >= 11 is 5.96. The third kappa shape index (κ3) is 3.80. The second-order valence-electron chi connectivity index (χ2n) is 7.35. The van der Waals surface area contributed by atoms with E-state index < -0.39 is 0 Å². The number of aryl methyl sites for hydroxylation is 1. The molecule has 0 fully saturated rings. The number of pyridine rings is 1. The Morgan fingerprint density at radius 3 is 2.55 bits per heavy atom. The number of ether oxygens (including phenoxy) is 2. The Balaban J connectivity index is 1.61. The van der Waals surface area contributed by atoms with Crippen molar-refractivity contribution < 1.29 is 14.3 Å². The molecule has 5 nitrogen and oxygen atoms in total. The first-order valence-corrected chi connectivity index (χ1v) is 10.3. The first-order valence-electron chi connectivity index (χ1n) is 9.96. The van der Waals surface area contributed by atoms with Gasteiger partial charge in [-0.2, -0.15) is 0 Å². The number of carbonyl (C=O) groups excluding carboxylic acids is 1. The van der Waals surface area contributed by atoms with Crippen LogP contribution in [0, 0.1) is 6.92 Å². The number of benzene rings is 3. The minimum absolute atomic E-state index is 0.209. The smallest absolute Gasteiger partial charge is 0.256 e. The SMILES string of the molecule is Cc1cccc2c(C(=O)Nc3ccc(Cl)cc3)cc(-c3ccc4c(c3)OCCO4)nc12. The Morgan fingerprint density at radius 1 is 0.968 bits per heavy atom. The molecule has 4 aromatic rings. The normalized spacial score (nSPS) is 12.6. The molecule has 2 heterocycles. The second-order valence-corrected chi connectivity index (χ2v) is 7.78. The van der Waals surface area contributed by atoms with Gasteiger partial charge >= 0.3 is 0 Å². The van der Waals surface area contributed by atoms with Crippen molar-refractivity contribution in [3.63, 3.8) is 0 Å². The van der Waals surface area contributed by atoms with Crippen LogP contribution in [0.1, 0.15) is 15.9 Å². The van der Waals surface area contributed by atoms with Crippen LogP contribution in [-0.4, -0.2) is 24.1 Å². The molecule has 31 heavy (non-hydrogen) atoms. The third-order valence-corrected chi connectivity index (χ3v) is 5.48. The molecule has 0 radical (unpaired) electrons. The average Bonchev–Trinajstić information content (AvgIpc) is 2.80. The van der Waals surface area contributed by atoms with Crippen LogP contribution in [-0.2, 0) is 0 Å². The Labute approximate surface area is 184 Å². The number of para-hydroxylation sites is 1. The fraction of sp³-hybridized carbons (Fsp3) is 0.120. The van der Waals surface area contributed by atoms with Crippen molar-refractivity contribution in [2.24, 2.45) is 0 Å². The van der Waals surface area contributed by atoms with Gasteiger partial charge in [-0.3, -0.25) is 4.79 Å². The molecular formula is C25H19ClN2O3. The summed E-state index contributed by atoms with van der Waals surface area (Å²) in [4.78, 5) is 18.1. The molecular weight excluding hydrogens is 412 g/mol. The molecule has 0 atom stereocenters. The van der Waals surface area contributed by atoms with Gasteiger partial charge in [-0.15, -0.1) is 0 Å². The highest BCUT2D eigenvalue weighted by molar-refractivity contribution is 6.30. The lowest BCUT2D eigenvalue weighted by molar-refractivity contribution is 0.102. The lowest BCUT2D eigenvalue weighted by Gasteiger charge is -2.19. The summed E-state index contributed by atoms with van der Waals surface area (Å²) < 4.78 is 11.3. The van der Waals surface area contributed by atoms with Crippen LogP contribution < -0.4 is 14.8 Å². The van der Waals surface area contributed by atoms with E-state index in [4.69, 9.17) is 26.1 Å². The van der Waals surface area contributed by atoms with E-state index in [1.807, 2.05) is 49.4 Å². The zero-order chi connectivity index (χ0) is 21.4. The van der Waals surface area contributed by atoms with Crippen LogP contribution in [0.2, 0.25) is 5.02 Å². The summed E-state index contributed by atoms with van der Waals surface area (Å²) in [6, 6.07) is 20.4. The number of fused-ring (bicyclic) bond motifs is 2. The zero-order valence-electron chi connectivity index (χ0n) is 16.8. The number of carbonyl (C=O) groups is 1. The molecule has 1 N–H and O–H groups in total. The standard InChI is InChI=1S/C25H19ClN2O3/c1-15-3-2-4-19-20(25(29)27-18-8-6-17(26)7-9-18)14-21(28-24(15)19)16-5-10-22-23(13-16)31-12-11-30-22/h2-10,13-14H,11-12H2,1H3,(H,27,29). The maximum atomic E-state index is 13.2. The van der Waals surface area contributed by atoms with Crippen molar-refractivity contribution in [1.82, 2.24) is 4.98 Å². The fourth-order valence-electron chi connectivity index (χ4n) is 3.66. The number of nitrogens with one attached hydrogen (secondary N) is 1. The van der Waals surface area contributed by atoms with Crippen LogP contribution >= 0.6 is 11.6 Å². The van der Waals surface area contributed by atoms with E-state index in [-0.39, 0.29) is 5.91 Å². The van der Waals surface area contributed by atoms with E-state index in [1.165, 1.54) is 0 Å².